The lowest BCUT2D eigenvalue weighted by Gasteiger charge is -2.20. The van der Waals surface area contributed by atoms with Crippen molar-refractivity contribution in [3.05, 3.63) is 23.9 Å². The van der Waals surface area contributed by atoms with Gasteiger partial charge in [-0.2, -0.15) is 41.3 Å². The van der Waals surface area contributed by atoms with Crippen LogP contribution in [0.4, 0.5) is 38.2 Å². The summed E-state index contributed by atoms with van der Waals surface area (Å²) in [6, 6.07) is 1.04. The van der Waals surface area contributed by atoms with Gasteiger partial charge in [0.2, 0.25) is 11.9 Å². The van der Waals surface area contributed by atoms with E-state index in [4.69, 9.17) is 5.73 Å². The van der Waals surface area contributed by atoms with E-state index in [9.17, 15) is 26.3 Å². The highest BCUT2D eigenvalue weighted by Crippen LogP contribution is 2.29. The van der Waals surface area contributed by atoms with Crippen LogP contribution in [0.2, 0.25) is 0 Å². The molecule has 2 aromatic heterocycles. The highest BCUT2D eigenvalue weighted by Gasteiger charge is 2.39. The Morgan fingerprint density at radius 2 is 1.72 bits per heavy atom. The van der Waals surface area contributed by atoms with Crippen molar-refractivity contribution in [3.8, 4) is 11.5 Å². The first-order valence-electron chi connectivity index (χ1n) is 6.90. The third kappa shape index (κ3) is 4.67. The molecule has 2 heterocycles. The Labute approximate surface area is 137 Å². The molecule has 2 aromatic rings. The smallest absolute Gasteiger partial charge is 0.368 e. The van der Waals surface area contributed by atoms with Crippen LogP contribution in [-0.2, 0) is 6.18 Å². The second kappa shape index (κ2) is 6.69. The van der Waals surface area contributed by atoms with E-state index in [0.717, 1.165) is 12.1 Å². The summed E-state index contributed by atoms with van der Waals surface area (Å²) in [5.74, 6) is -1.34. The average Bonchev–Trinajstić information content (AvgIpc) is 2.50. The predicted molar refractivity (Wildman–Crippen MR) is 76.2 cm³/mol. The van der Waals surface area contributed by atoms with Crippen molar-refractivity contribution in [1.29, 1.82) is 0 Å². The normalized spacial score (nSPS) is 13.6. The SMILES string of the molecule is CCC(Nc1nc(N)nc(-c2cccc(C(F)(F)F)n2)n1)C(F)(F)F. The zero-order chi connectivity index (χ0) is 18.8. The number of rotatable bonds is 4. The van der Waals surface area contributed by atoms with E-state index < -0.39 is 36.0 Å². The van der Waals surface area contributed by atoms with E-state index in [1.165, 1.54) is 13.0 Å². The van der Waals surface area contributed by atoms with Crippen LogP contribution in [0.25, 0.3) is 11.5 Å². The molecule has 0 radical (unpaired) electrons. The third-order valence-electron chi connectivity index (χ3n) is 3.03. The van der Waals surface area contributed by atoms with Crippen LogP contribution in [0.15, 0.2) is 18.2 Å². The van der Waals surface area contributed by atoms with Crippen molar-refractivity contribution in [3.63, 3.8) is 0 Å². The number of alkyl halides is 6. The fourth-order valence-corrected chi connectivity index (χ4v) is 1.86. The van der Waals surface area contributed by atoms with Crippen LogP contribution in [0.5, 0.6) is 0 Å². The molecule has 136 valence electrons. The molecule has 0 bridgehead atoms. The summed E-state index contributed by atoms with van der Waals surface area (Å²) < 4.78 is 76.6. The molecule has 3 N–H and O–H groups in total. The first-order chi connectivity index (χ1) is 11.5. The summed E-state index contributed by atoms with van der Waals surface area (Å²) >= 11 is 0. The Balaban J connectivity index is 2.40. The number of nitrogen functional groups attached to an aromatic ring is 1. The van der Waals surface area contributed by atoms with Gasteiger partial charge in [0.15, 0.2) is 5.82 Å². The van der Waals surface area contributed by atoms with Gasteiger partial charge >= 0.3 is 12.4 Å². The number of hydrogen-bond acceptors (Lipinski definition) is 6. The third-order valence-corrected chi connectivity index (χ3v) is 3.03. The summed E-state index contributed by atoms with van der Waals surface area (Å²) in [6.45, 7) is 1.30. The molecule has 0 spiro atoms. The van der Waals surface area contributed by atoms with Gasteiger partial charge in [0.1, 0.15) is 17.4 Å². The van der Waals surface area contributed by atoms with Gasteiger partial charge in [-0.25, -0.2) is 4.98 Å². The summed E-state index contributed by atoms with van der Waals surface area (Å²) in [6.07, 6.45) is -9.57. The zero-order valence-electron chi connectivity index (χ0n) is 12.7. The Bertz CT molecular complexity index is 745. The number of pyridine rings is 1. The van der Waals surface area contributed by atoms with Crippen molar-refractivity contribution in [2.24, 2.45) is 0 Å². The molecule has 0 saturated carbocycles. The monoisotopic (exact) mass is 366 g/mol. The van der Waals surface area contributed by atoms with Crippen LogP contribution in [-0.4, -0.2) is 32.2 Å². The summed E-state index contributed by atoms with van der Waals surface area (Å²) in [5.41, 5.74) is 3.92. The predicted octanol–water partition coefficient (Wildman–Crippen LogP) is 3.29. The highest BCUT2D eigenvalue weighted by molar-refractivity contribution is 5.53. The molecule has 0 amide bonds. The molecule has 0 saturated heterocycles. The van der Waals surface area contributed by atoms with E-state index in [2.05, 4.69) is 19.9 Å². The van der Waals surface area contributed by atoms with E-state index >= 15 is 0 Å². The second-order valence-electron chi connectivity index (χ2n) is 4.89. The van der Waals surface area contributed by atoms with Gasteiger partial charge in [-0.3, -0.25) is 0 Å². The summed E-state index contributed by atoms with van der Waals surface area (Å²) in [4.78, 5) is 14.2. The minimum Gasteiger partial charge on any atom is -0.368 e. The second-order valence-corrected chi connectivity index (χ2v) is 4.89. The van der Waals surface area contributed by atoms with Gasteiger partial charge < -0.3 is 11.1 Å². The van der Waals surface area contributed by atoms with Crippen molar-refractivity contribution >= 4 is 11.9 Å². The fraction of sp³-hybridized carbons (Fsp3) is 0.385. The van der Waals surface area contributed by atoms with Crippen LogP contribution in [0, 0.1) is 0 Å². The lowest BCUT2D eigenvalue weighted by molar-refractivity contribution is -0.143. The van der Waals surface area contributed by atoms with Crippen molar-refractivity contribution < 1.29 is 26.3 Å². The standard InChI is InChI=1S/C13H12F6N6/c1-2-7(12(14,15)16)22-11-24-9(23-10(20)25-11)6-4-3-5-8(21-6)13(17,18)19/h3-5,7H,2H2,1H3,(H3,20,22,23,24,25). The fourth-order valence-electron chi connectivity index (χ4n) is 1.86. The van der Waals surface area contributed by atoms with Gasteiger partial charge in [-0.05, 0) is 18.6 Å². The van der Waals surface area contributed by atoms with E-state index in [-0.39, 0.29) is 17.9 Å². The molecule has 0 aliphatic heterocycles. The number of aromatic nitrogens is 4. The Hall–Kier alpha value is -2.66. The van der Waals surface area contributed by atoms with Crippen LogP contribution < -0.4 is 11.1 Å². The molecule has 0 fully saturated rings. The number of halogens is 6. The number of nitrogens with one attached hydrogen (secondary N) is 1. The molecule has 25 heavy (non-hydrogen) atoms. The van der Waals surface area contributed by atoms with Gasteiger partial charge in [0, 0.05) is 0 Å². The average molecular weight is 366 g/mol. The molecule has 1 unspecified atom stereocenters. The minimum atomic E-state index is -4.70. The molecular weight excluding hydrogens is 354 g/mol. The van der Waals surface area contributed by atoms with Gasteiger partial charge in [0.25, 0.3) is 0 Å². The number of nitrogens with two attached hydrogens (primary N) is 1. The van der Waals surface area contributed by atoms with E-state index in [0.29, 0.717) is 0 Å². The lowest BCUT2D eigenvalue weighted by atomic mass is 10.2. The molecule has 6 nitrogen and oxygen atoms in total. The molecule has 0 aliphatic rings. The summed E-state index contributed by atoms with van der Waals surface area (Å²) in [5, 5.41) is 2.05. The Morgan fingerprint density at radius 1 is 1.04 bits per heavy atom. The highest BCUT2D eigenvalue weighted by atomic mass is 19.4. The number of hydrogen-bond donors (Lipinski definition) is 2. The van der Waals surface area contributed by atoms with Gasteiger partial charge in [-0.1, -0.05) is 13.0 Å². The van der Waals surface area contributed by atoms with Crippen molar-refractivity contribution in [1.82, 2.24) is 19.9 Å². The van der Waals surface area contributed by atoms with Crippen LogP contribution in [0.3, 0.4) is 0 Å². The maximum Gasteiger partial charge on any atom is 0.433 e. The van der Waals surface area contributed by atoms with Crippen molar-refractivity contribution in [2.45, 2.75) is 31.7 Å². The molecule has 2 rings (SSSR count). The zero-order valence-corrected chi connectivity index (χ0v) is 12.7. The minimum absolute atomic E-state index is 0.299. The Morgan fingerprint density at radius 3 is 2.28 bits per heavy atom. The maximum atomic E-state index is 12.8. The van der Waals surface area contributed by atoms with E-state index in [1.54, 1.807) is 0 Å². The number of anilines is 2. The lowest BCUT2D eigenvalue weighted by Crippen LogP contribution is -2.36. The largest absolute Gasteiger partial charge is 0.433 e. The van der Waals surface area contributed by atoms with Crippen molar-refractivity contribution in [2.75, 3.05) is 11.1 Å². The number of nitrogens with zero attached hydrogens (tertiary/aromatic N) is 4. The Kier molecular flexibility index (Phi) is 4.99. The first kappa shape index (κ1) is 18.7. The molecular formula is C13H12F6N6. The van der Waals surface area contributed by atoms with Gasteiger partial charge in [-0.15, -0.1) is 0 Å². The topological polar surface area (TPSA) is 89.6 Å². The first-order valence-corrected chi connectivity index (χ1v) is 6.90. The quantitative estimate of drug-likeness (QED) is 0.807. The molecule has 12 heteroatoms. The van der Waals surface area contributed by atoms with Crippen LogP contribution >= 0.6 is 0 Å². The summed E-state index contributed by atoms with van der Waals surface area (Å²) in [7, 11) is 0. The molecule has 1 atom stereocenters. The molecule has 0 aliphatic carbocycles. The maximum absolute atomic E-state index is 12.8. The van der Waals surface area contributed by atoms with E-state index in [1.807, 2.05) is 5.32 Å². The van der Waals surface area contributed by atoms with Crippen LogP contribution in [0.1, 0.15) is 19.0 Å². The van der Waals surface area contributed by atoms with Gasteiger partial charge in [0.05, 0.1) is 0 Å². The molecule has 0 aromatic carbocycles.